The van der Waals surface area contributed by atoms with E-state index in [9.17, 15) is 4.79 Å². The lowest BCUT2D eigenvalue weighted by Crippen LogP contribution is -2.48. The summed E-state index contributed by atoms with van der Waals surface area (Å²) >= 11 is 0. The average Bonchev–Trinajstić information content (AvgIpc) is 2.65. The standard InChI is InChI=1S/C23H29NO2/c1-16-14-18(3)21(15-17(16)2)19(4)24-22(25)23(10-12-26-13-11-23)20-8-6-5-7-9-20/h5-9,14-15,19H,10-13H2,1-4H3,(H,24,25)/t19-/m0/s1. The minimum Gasteiger partial charge on any atom is -0.381 e. The molecule has 3 nitrogen and oxygen atoms in total. The molecule has 138 valence electrons. The van der Waals surface area contributed by atoms with Gasteiger partial charge in [-0.1, -0.05) is 42.5 Å². The minimum atomic E-state index is -0.499. The fourth-order valence-electron chi connectivity index (χ4n) is 3.99. The largest absolute Gasteiger partial charge is 0.381 e. The number of hydrogen-bond acceptors (Lipinski definition) is 2. The number of benzene rings is 2. The first-order valence-corrected chi connectivity index (χ1v) is 9.46. The Morgan fingerprint density at radius 2 is 1.62 bits per heavy atom. The van der Waals surface area contributed by atoms with Crippen molar-refractivity contribution < 1.29 is 9.53 Å². The van der Waals surface area contributed by atoms with Gasteiger partial charge in [-0.3, -0.25) is 4.79 Å². The van der Waals surface area contributed by atoms with E-state index >= 15 is 0 Å². The van der Waals surface area contributed by atoms with E-state index in [2.05, 4.69) is 57.3 Å². The van der Waals surface area contributed by atoms with Gasteiger partial charge in [0.2, 0.25) is 5.91 Å². The highest BCUT2D eigenvalue weighted by Gasteiger charge is 2.42. The van der Waals surface area contributed by atoms with Crippen LogP contribution < -0.4 is 5.32 Å². The summed E-state index contributed by atoms with van der Waals surface area (Å²) in [6, 6.07) is 14.5. The predicted octanol–water partition coefficient (Wildman–Crippen LogP) is 4.54. The van der Waals surface area contributed by atoms with Gasteiger partial charge in [0, 0.05) is 13.2 Å². The maximum atomic E-state index is 13.4. The Kier molecular flexibility index (Phi) is 5.47. The Labute approximate surface area is 156 Å². The van der Waals surface area contributed by atoms with Crippen molar-refractivity contribution in [3.8, 4) is 0 Å². The van der Waals surface area contributed by atoms with Gasteiger partial charge in [0.05, 0.1) is 11.5 Å². The maximum Gasteiger partial charge on any atom is 0.231 e. The maximum absolute atomic E-state index is 13.4. The Bertz CT molecular complexity index is 776. The van der Waals surface area contributed by atoms with Gasteiger partial charge in [-0.05, 0) is 68.4 Å². The normalized spacial score (nSPS) is 17.5. The minimum absolute atomic E-state index is 0.0229. The van der Waals surface area contributed by atoms with Gasteiger partial charge < -0.3 is 10.1 Å². The molecule has 1 aliphatic rings. The second-order valence-electron chi connectivity index (χ2n) is 7.55. The van der Waals surface area contributed by atoms with Crippen molar-refractivity contribution >= 4 is 5.91 Å². The quantitative estimate of drug-likeness (QED) is 0.878. The molecule has 2 aromatic carbocycles. The molecule has 0 aromatic heterocycles. The van der Waals surface area contributed by atoms with Crippen LogP contribution in [0.1, 0.15) is 53.6 Å². The van der Waals surface area contributed by atoms with Crippen molar-refractivity contribution in [3.63, 3.8) is 0 Å². The van der Waals surface area contributed by atoms with Crippen molar-refractivity contribution in [2.45, 2.75) is 52.0 Å². The van der Waals surface area contributed by atoms with Crippen LogP contribution in [0, 0.1) is 20.8 Å². The summed E-state index contributed by atoms with van der Waals surface area (Å²) in [5.41, 5.74) is 5.55. The topological polar surface area (TPSA) is 38.3 Å². The molecule has 26 heavy (non-hydrogen) atoms. The Morgan fingerprint density at radius 1 is 1.00 bits per heavy atom. The van der Waals surface area contributed by atoms with E-state index in [1.807, 2.05) is 18.2 Å². The van der Waals surface area contributed by atoms with E-state index in [4.69, 9.17) is 4.74 Å². The summed E-state index contributed by atoms with van der Waals surface area (Å²) in [4.78, 5) is 13.4. The third-order valence-electron chi connectivity index (χ3n) is 5.80. The molecule has 3 rings (SSSR count). The van der Waals surface area contributed by atoms with Crippen LogP contribution in [0.25, 0.3) is 0 Å². The molecule has 1 saturated heterocycles. The number of nitrogens with one attached hydrogen (secondary N) is 1. The zero-order chi connectivity index (χ0) is 18.7. The van der Waals surface area contributed by atoms with Crippen LogP contribution in [0.15, 0.2) is 42.5 Å². The lowest BCUT2D eigenvalue weighted by atomic mass is 9.73. The molecule has 0 aliphatic carbocycles. The highest BCUT2D eigenvalue weighted by molar-refractivity contribution is 5.88. The Balaban J connectivity index is 1.88. The SMILES string of the molecule is Cc1cc(C)c([C@H](C)NC(=O)C2(c3ccccc3)CCOCC2)cc1C. The van der Waals surface area contributed by atoms with Crippen LogP contribution in [-0.4, -0.2) is 19.1 Å². The molecule has 1 heterocycles. The van der Waals surface area contributed by atoms with Crippen molar-refractivity contribution in [2.75, 3.05) is 13.2 Å². The number of carbonyl (C=O) groups is 1. The van der Waals surface area contributed by atoms with E-state index < -0.39 is 5.41 Å². The van der Waals surface area contributed by atoms with Crippen LogP contribution in [0.4, 0.5) is 0 Å². The molecule has 1 N–H and O–H groups in total. The van der Waals surface area contributed by atoms with E-state index in [1.165, 1.54) is 22.3 Å². The lowest BCUT2D eigenvalue weighted by Gasteiger charge is -2.37. The van der Waals surface area contributed by atoms with Gasteiger partial charge in [-0.2, -0.15) is 0 Å². The van der Waals surface area contributed by atoms with Crippen LogP contribution in [0.3, 0.4) is 0 Å². The molecule has 2 aromatic rings. The molecular weight excluding hydrogens is 322 g/mol. The summed E-state index contributed by atoms with van der Waals surface area (Å²) in [6.07, 6.45) is 1.45. The fraction of sp³-hybridized carbons (Fsp3) is 0.435. The van der Waals surface area contributed by atoms with E-state index in [-0.39, 0.29) is 11.9 Å². The van der Waals surface area contributed by atoms with Gasteiger partial charge in [0.15, 0.2) is 0 Å². The first-order chi connectivity index (χ1) is 12.4. The van der Waals surface area contributed by atoms with Crippen molar-refractivity contribution in [1.29, 1.82) is 0 Å². The van der Waals surface area contributed by atoms with Gasteiger partial charge in [-0.25, -0.2) is 0 Å². The molecule has 0 unspecified atom stereocenters. The number of rotatable bonds is 4. The van der Waals surface area contributed by atoms with Gasteiger partial charge in [0.25, 0.3) is 0 Å². The van der Waals surface area contributed by atoms with Crippen molar-refractivity contribution in [1.82, 2.24) is 5.32 Å². The monoisotopic (exact) mass is 351 g/mol. The van der Waals surface area contributed by atoms with Crippen LogP contribution in [0.5, 0.6) is 0 Å². The zero-order valence-electron chi connectivity index (χ0n) is 16.3. The third kappa shape index (κ3) is 3.54. The zero-order valence-corrected chi connectivity index (χ0v) is 16.3. The van der Waals surface area contributed by atoms with E-state index in [1.54, 1.807) is 0 Å². The smallest absolute Gasteiger partial charge is 0.231 e. The van der Waals surface area contributed by atoms with Gasteiger partial charge >= 0.3 is 0 Å². The third-order valence-corrected chi connectivity index (χ3v) is 5.80. The molecule has 1 atom stereocenters. The molecule has 0 spiro atoms. The van der Waals surface area contributed by atoms with E-state index in [0.29, 0.717) is 13.2 Å². The number of amides is 1. The highest BCUT2D eigenvalue weighted by atomic mass is 16.5. The van der Waals surface area contributed by atoms with Gasteiger partial charge in [-0.15, -0.1) is 0 Å². The molecule has 0 saturated carbocycles. The van der Waals surface area contributed by atoms with Crippen molar-refractivity contribution in [2.24, 2.45) is 0 Å². The predicted molar refractivity (Wildman–Crippen MR) is 105 cm³/mol. The molecule has 0 radical (unpaired) electrons. The van der Waals surface area contributed by atoms with Gasteiger partial charge in [0.1, 0.15) is 0 Å². The summed E-state index contributed by atoms with van der Waals surface area (Å²) in [5.74, 6) is 0.108. The number of hydrogen-bond donors (Lipinski definition) is 1. The lowest BCUT2D eigenvalue weighted by molar-refractivity contribution is -0.131. The summed E-state index contributed by atoms with van der Waals surface area (Å²) in [6.45, 7) is 9.69. The number of ether oxygens (including phenoxy) is 1. The first-order valence-electron chi connectivity index (χ1n) is 9.46. The Morgan fingerprint density at radius 3 is 2.27 bits per heavy atom. The first kappa shape index (κ1) is 18.7. The summed E-state index contributed by atoms with van der Waals surface area (Å²) < 4.78 is 5.55. The van der Waals surface area contributed by atoms with Crippen LogP contribution in [-0.2, 0) is 14.9 Å². The average molecular weight is 351 g/mol. The second kappa shape index (κ2) is 7.63. The molecule has 0 bridgehead atoms. The number of carbonyl (C=O) groups excluding carboxylic acids is 1. The fourth-order valence-corrected chi connectivity index (χ4v) is 3.99. The summed E-state index contributed by atoms with van der Waals surface area (Å²) in [7, 11) is 0. The number of aryl methyl sites for hydroxylation is 3. The highest BCUT2D eigenvalue weighted by Crippen LogP contribution is 2.36. The van der Waals surface area contributed by atoms with Crippen LogP contribution in [0.2, 0.25) is 0 Å². The molecule has 1 aliphatic heterocycles. The molecule has 3 heteroatoms. The Hall–Kier alpha value is -2.13. The molecule has 1 fully saturated rings. The van der Waals surface area contributed by atoms with Crippen molar-refractivity contribution in [3.05, 3.63) is 70.3 Å². The summed E-state index contributed by atoms with van der Waals surface area (Å²) in [5, 5.41) is 3.30. The molecular formula is C23H29NO2. The van der Waals surface area contributed by atoms with E-state index in [0.717, 1.165) is 18.4 Å². The second-order valence-corrected chi connectivity index (χ2v) is 7.55. The molecule has 1 amide bonds. The van der Waals surface area contributed by atoms with Crippen LogP contribution >= 0.6 is 0 Å².